The van der Waals surface area contributed by atoms with E-state index in [1.54, 1.807) is 0 Å². The maximum absolute atomic E-state index is 5.33. The van der Waals surface area contributed by atoms with E-state index < -0.39 is 0 Å². The zero-order valence-corrected chi connectivity index (χ0v) is 22.1. The summed E-state index contributed by atoms with van der Waals surface area (Å²) in [6, 6.07) is 38.8. The van der Waals surface area contributed by atoms with Crippen LogP contribution in [0.5, 0.6) is 0 Å². The highest BCUT2D eigenvalue weighted by atomic mass is 15.2. The van der Waals surface area contributed by atoms with Crippen LogP contribution < -0.4 is 10.6 Å². The Morgan fingerprint density at radius 3 is 2.16 bits per heavy atom. The Balaban J connectivity index is 1.62. The van der Waals surface area contributed by atoms with E-state index in [-0.39, 0.29) is 12.3 Å². The van der Waals surface area contributed by atoms with Crippen molar-refractivity contribution in [1.29, 1.82) is 0 Å². The molecule has 0 fully saturated rings. The summed E-state index contributed by atoms with van der Waals surface area (Å²) in [7, 11) is 2.01. The molecule has 2 unspecified atom stereocenters. The SMILES string of the molecule is CNC(NC(/N=C(\C)c1cccc2ccccc12)c1cccc2cc(-c3ccccc3)ccc12)C(C)C. The van der Waals surface area contributed by atoms with E-state index in [1.165, 1.54) is 43.8 Å². The van der Waals surface area contributed by atoms with Crippen LogP contribution in [0.15, 0.2) is 114 Å². The predicted molar refractivity (Wildman–Crippen MR) is 159 cm³/mol. The zero-order chi connectivity index (χ0) is 25.8. The standard InChI is InChI=1S/C34H35N3/c1-23(2)33(35-4)37-34(36-24(3)29-18-10-15-26-14-8-9-17-30(26)29)32-19-11-16-28-22-27(20-21-31(28)32)25-12-6-5-7-13-25/h5-23,33-35,37H,1-4H3/b36-24+. The van der Waals surface area contributed by atoms with Crippen LogP contribution in [0, 0.1) is 5.92 Å². The highest BCUT2D eigenvalue weighted by Crippen LogP contribution is 2.31. The van der Waals surface area contributed by atoms with E-state index in [1.807, 2.05) is 7.05 Å². The molecule has 3 heteroatoms. The van der Waals surface area contributed by atoms with E-state index in [0.29, 0.717) is 5.92 Å². The molecule has 5 rings (SSSR count). The number of hydrogen-bond donors (Lipinski definition) is 2. The van der Waals surface area contributed by atoms with Gasteiger partial charge in [0.1, 0.15) is 6.17 Å². The van der Waals surface area contributed by atoms with Gasteiger partial charge in [-0.15, -0.1) is 0 Å². The predicted octanol–water partition coefficient (Wildman–Crippen LogP) is 7.96. The van der Waals surface area contributed by atoms with Crippen molar-refractivity contribution < 1.29 is 0 Å². The average Bonchev–Trinajstić information content (AvgIpc) is 2.94. The fourth-order valence-corrected chi connectivity index (χ4v) is 5.14. The number of aliphatic imine (C=N–C) groups is 1. The average molecular weight is 486 g/mol. The van der Waals surface area contributed by atoms with Gasteiger partial charge in [0, 0.05) is 11.3 Å². The summed E-state index contributed by atoms with van der Waals surface area (Å²) in [5.41, 5.74) is 5.82. The lowest BCUT2D eigenvalue weighted by atomic mass is 9.97. The van der Waals surface area contributed by atoms with Gasteiger partial charge in [-0.1, -0.05) is 117 Å². The summed E-state index contributed by atoms with van der Waals surface area (Å²) in [4.78, 5) is 5.33. The molecule has 0 aliphatic heterocycles. The summed E-state index contributed by atoms with van der Waals surface area (Å²) in [5, 5.41) is 12.1. The molecule has 5 aromatic carbocycles. The third kappa shape index (κ3) is 5.34. The molecule has 2 N–H and O–H groups in total. The van der Waals surface area contributed by atoms with Crippen molar-refractivity contribution in [2.24, 2.45) is 10.9 Å². The van der Waals surface area contributed by atoms with Crippen molar-refractivity contribution in [1.82, 2.24) is 10.6 Å². The van der Waals surface area contributed by atoms with Gasteiger partial charge < -0.3 is 5.32 Å². The minimum Gasteiger partial charge on any atom is -0.305 e. The van der Waals surface area contributed by atoms with Crippen LogP contribution in [-0.2, 0) is 0 Å². The number of rotatable bonds is 8. The number of nitrogens with one attached hydrogen (secondary N) is 2. The van der Waals surface area contributed by atoms with Gasteiger partial charge in [0.2, 0.25) is 0 Å². The van der Waals surface area contributed by atoms with E-state index in [9.17, 15) is 0 Å². The first-order chi connectivity index (χ1) is 18.0. The topological polar surface area (TPSA) is 36.4 Å². The van der Waals surface area contributed by atoms with Crippen LogP contribution in [0.2, 0.25) is 0 Å². The normalized spacial score (nSPS) is 13.8. The van der Waals surface area contributed by atoms with Gasteiger partial charge in [-0.25, -0.2) is 0 Å². The Bertz CT molecular complexity index is 1530. The van der Waals surface area contributed by atoms with Gasteiger partial charge in [-0.3, -0.25) is 10.3 Å². The summed E-state index contributed by atoms with van der Waals surface area (Å²) in [6.45, 7) is 6.57. The molecule has 0 bridgehead atoms. The number of hydrogen-bond acceptors (Lipinski definition) is 3. The van der Waals surface area contributed by atoms with Crippen LogP contribution in [0.25, 0.3) is 32.7 Å². The summed E-state index contributed by atoms with van der Waals surface area (Å²) in [6.07, 6.45) is -0.0852. The van der Waals surface area contributed by atoms with E-state index in [2.05, 4.69) is 141 Å². The lowest BCUT2D eigenvalue weighted by Crippen LogP contribution is -2.45. The second-order valence-corrected chi connectivity index (χ2v) is 9.97. The molecule has 0 spiro atoms. The van der Waals surface area contributed by atoms with Crippen molar-refractivity contribution in [2.45, 2.75) is 33.1 Å². The summed E-state index contributed by atoms with van der Waals surface area (Å²) in [5.74, 6) is 0.403. The fraction of sp³-hybridized carbons (Fsp3) is 0.206. The van der Waals surface area contributed by atoms with Gasteiger partial charge in [0.25, 0.3) is 0 Å². The number of nitrogens with zero attached hydrogens (tertiary/aromatic N) is 1. The lowest BCUT2D eigenvalue weighted by Gasteiger charge is -2.27. The molecular weight excluding hydrogens is 450 g/mol. The molecule has 0 radical (unpaired) electrons. The van der Waals surface area contributed by atoms with Gasteiger partial charge in [0.05, 0.1) is 6.17 Å². The number of benzene rings is 5. The molecule has 2 atom stereocenters. The second-order valence-electron chi connectivity index (χ2n) is 9.97. The molecule has 3 nitrogen and oxygen atoms in total. The van der Waals surface area contributed by atoms with Crippen LogP contribution in [-0.4, -0.2) is 18.9 Å². The molecule has 0 amide bonds. The Morgan fingerprint density at radius 2 is 1.38 bits per heavy atom. The monoisotopic (exact) mass is 485 g/mol. The quantitative estimate of drug-likeness (QED) is 0.173. The Labute approximate surface area is 220 Å². The first kappa shape index (κ1) is 24.9. The van der Waals surface area contributed by atoms with E-state index in [4.69, 9.17) is 4.99 Å². The Morgan fingerprint density at radius 1 is 0.676 bits per heavy atom. The third-order valence-electron chi connectivity index (χ3n) is 7.13. The van der Waals surface area contributed by atoms with Crippen LogP contribution in [0.1, 0.15) is 38.1 Å². The highest BCUT2D eigenvalue weighted by molar-refractivity contribution is 6.09. The van der Waals surface area contributed by atoms with E-state index in [0.717, 1.165) is 5.71 Å². The van der Waals surface area contributed by atoms with Crippen LogP contribution in [0.4, 0.5) is 0 Å². The van der Waals surface area contributed by atoms with Gasteiger partial charge in [-0.05, 0) is 64.2 Å². The van der Waals surface area contributed by atoms with Gasteiger partial charge >= 0.3 is 0 Å². The first-order valence-corrected chi connectivity index (χ1v) is 13.1. The van der Waals surface area contributed by atoms with Crippen molar-refractivity contribution in [2.75, 3.05) is 7.05 Å². The van der Waals surface area contributed by atoms with Gasteiger partial charge in [0.15, 0.2) is 0 Å². The van der Waals surface area contributed by atoms with Crippen molar-refractivity contribution in [3.63, 3.8) is 0 Å². The molecule has 0 heterocycles. The zero-order valence-electron chi connectivity index (χ0n) is 22.1. The minimum atomic E-state index is -0.204. The van der Waals surface area contributed by atoms with Crippen LogP contribution >= 0.6 is 0 Å². The molecule has 0 aliphatic carbocycles. The molecule has 5 aromatic rings. The second kappa shape index (κ2) is 11.1. The molecule has 186 valence electrons. The molecule has 37 heavy (non-hydrogen) atoms. The maximum Gasteiger partial charge on any atom is 0.127 e. The largest absolute Gasteiger partial charge is 0.305 e. The molecule has 0 saturated heterocycles. The third-order valence-corrected chi connectivity index (χ3v) is 7.13. The smallest absolute Gasteiger partial charge is 0.127 e. The Kier molecular flexibility index (Phi) is 7.45. The van der Waals surface area contributed by atoms with Crippen LogP contribution in [0.3, 0.4) is 0 Å². The molecule has 0 aromatic heterocycles. The minimum absolute atomic E-state index is 0.118. The highest BCUT2D eigenvalue weighted by Gasteiger charge is 2.20. The summed E-state index contributed by atoms with van der Waals surface area (Å²) >= 11 is 0. The van der Waals surface area contributed by atoms with E-state index >= 15 is 0 Å². The Hall–Kier alpha value is -3.79. The summed E-state index contributed by atoms with van der Waals surface area (Å²) < 4.78 is 0. The molecular formula is C34H35N3. The molecule has 0 aliphatic rings. The first-order valence-electron chi connectivity index (χ1n) is 13.1. The van der Waals surface area contributed by atoms with Crippen molar-refractivity contribution in [3.05, 3.63) is 120 Å². The van der Waals surface area contributed by atoms with Crippen molar-refractivity contribution in [3.8, 4) is 11.1 Å². The van der Waals surface area contributed by atoms with Gasteiger partial charge in [-0.2, -0.15) is 0 Å². The lowest BCUT2D eigenvalue weighted by molar-refractivity contribution is 0.322. The maximum atomic E-state index is 5.33. The molecule has 0 saturated carbocycles. The number of fused-ring (bicyclic) bond motifs is 2. The van der Waals surface area contributed by atoms with Crippen molar-refractivity contribution >= 4 is 27.3 Å². The fourth-order valence-electron chi connectivity index (χ4n) is 5.14.